The lowest BCUT2D eigenvalue weighted by molar-refractivity contribution is -0.120. The highest BCUT2D eigenvalue weighted by Crippen LogP contribution is 2.22. The Morgan fingerprint density at radius 3 is 2.64 bits per heavy atom. The molecule has 6 nitrogen and oxygen atoms in total. The molecule has 3 N–H and O–H groups in total. The largest absolute Gasteiger partial charge is 0.484 e. The smallest absolute Gasteiger partial charge is 0.255 e. The van der Waals surface area contributed by atoms with E-state index in [9.17, 15) is 9.59 Å². The zero-order valence-electron chi connectivity index (χ0n) is 13.1. The summed E-state index contributed by atoms with van der Waals surface area (Å²) in [5.41, 5.74) is 6.54. The van der Waals surface area contributed by atoms with Crippen molar-refractivity contribution in [1.29, 1.82) is 0 Å². The van der Waals surface area contributed by atoms with Gasteiger partial charge in [-0.05, 0) is 42.5 Å². The molecule has 0 spiro atoms. The molecule has 0 aliphatic rings. The number of nitrogens with zero attached hydrogens (tertiary/aromatic N) is 1. The van der Waals surface area contributed by atoms with Crippen LogP contribution in [-0.4, -0.2) is 23.4 Å². The number of fused-ring (bicyclic) bond motifs is 1. The number of ether oxygens (including phenoxy) is 1. The van der Waals surface area contributed by atoms with Crippen molar-refractivity contribution in [3.05, 3.63) is 59.6 Å². The summed E-state index contributed by atoms with van der Waals surface area (Å²) in [5.74, 6) is -0.302. The fraction of sp³-hybridized carbons (Fsp3) is 0.0556. The predicted molar refractivity (Wildman–Crippen MR) is 98.4 cm³/mol. The summed E-state index contributed by atoms with van der Waals surface area (Å²) in [4.78, 5) is 27.1. The third kappa shape index (κ3) is 4.65. The molecule has 0 aliphatic heterocycles. The van der Waals surface area contributed by atoms with Crippen LogP contribution in [0.25, 0.3) is 16.3 Å². The second-order valence-corrected chi connectivity index (χ2v) is 6.18. The normalized spacial score (nSPS) is 10.9. The predicted octanol–water partition coefficient (Wildman–Crippen LogP) is 2.81. The molecule has 25 heavy (non-hydrogen) atoms. The van der Waals surface area contributed by atoms with Gasteiger partial charge in [0, 0.05) is 11.8 Å². The van der Waals surface area contributed by atoms with Crippen molar-refractivity contribution < 1.29 is 14.3 Å². The van der Waals surface area contributed by atoms with Gasteiger partial charge in [-0.1, -0.05) is 12.1 Å². The summed E-state index contributed by atoms with van der Waals surface area (Å²) in [5, 5.41) is 3.51. The summed E-state index contributed by atoms with van der Waals surface area (Å²) in [6, 6.07) is 14.5. The van der Waals surface area contributed by atoms with Crippen LogP contribution in [0, 0.1) is 0 Å². The summed E-state index contributed by atoms with van der Waals surface area (Å²) >= 11 is 1.52. The highest BCUT2D eigenvalue weighted by molar-refractivity contribution is 7.19. The van der Waals surface area contributed by atoms with E-state index in [-0.39, 0.29) is 12.5 Å². The Labute approximate surface area is 147 Å². The number of carbonyl (C=O) groups excluding carboxylic acids is 2. The van der Waals surface area contributed by atoms with Crippen molar-refractivity contribution in [3.8, 4) is 5.75 Å². The second-order valence-electron chi connectivity index (χ2n) is 5.12. The molecule has 0 saturated carbocycles. The first-order valence-corrected chi connectivity index (χ1v) is 8.27. The molecule has 126 valence electrons. The molecule has 0 radical (unpaired) electrons. The highest BCUT2D eigenvalue weighted by atomic mass is 32.1. The van der Waals surface area contributed by atoms with Crippen LogP contribution < -0.4 is 15.8 Å². The first-order valence-electron chi connectivity index (χ1n) is 7.46. The van der Waals surface area contributed by atoms with Crippen LogP contribution in [0.4, 0.5) is 5.69 Å². The lowest BCUT2D eigenvalue weighted by Crippen LogP contribution is -2.20. The summed E-state index contributed by atoms with van der Waals surface area (Å²) in [6.45, 7) is -0.184. The minimum Gasteiger partial charge on any atom is -0.484 e. The van der Waals surface area contributed by atoms with Crippen molar-refractivity contribution in [2.24, 2.45) is 5.73 Å². The molecule has 3 rings (SSSR count). The number of hydrogen-bond acceptors (Lipinski definition) is 5. The van der Waals surface area contributed by atoms with Crippen LogP contribution in [0.3, 0.4) is 0 Å². The Hall–Kier alpha value is -3.19. The number of amides is 2. The van der Waals surface area contributed by atoms with E-state index >= 15 is 0 Å². The number of aromatic nitrogens is 1. The first-order chi connectivity index (χ1) is 12.1. The lowest BCUT2D eigenvalue weighted by Gasteiger charge is -2.05. The molecule has 1 aromatic heterocycles. The summed E-state index contributed by atoms with van der Waals surface area (Å²) in [7, 11) is 0. The van der Waals surface area contributed by atoms with Crippen LogP contribution in [0.5, 0.6) is 5.75 Å². The van der Waals surface area contributed by atoms with Crippen molar-refractivity contribution in [1.82, 2.24) is 4.98 Å². The van der Waals surface area contributed by atoms with Crippen molar-refractivity contribution >= 4 is 45.1 Å². The molecule has 0 atom stereocenters. The number of thiazole rings is 1. The van der Waals surface area contributed by atoms with E-state index in [1.165, 1.54) is 17.4 Å². The molecular weight excluding hydrogens is 338 g/mol. The van der Waals surface area contributed by atoms with E-state index in [0.717, 1.165) is 15.2 Å². The number of anilines is 1. The summed E-state index contributed by atoms with van der Waals surface area (Å²) < 4.78 is 6.23. The Balaban J connectivity index is 1.59. The molecule has 0 bridgehead atoms. The monoisotopic (exact) mass is 353 g/mol. The van der Waals surface area contributed by atoms with E-state index in [4.69, 9.17) is 10.5 Å². The van der Waals surface area contributed by atoms with E-state index < -0.39 is 5.91 Å². The number of carbonyl (C=O) groups is 2. The minimum absolute atomic E-state index is 0.184. The van der Waals surface area contributed by atoms with E-state index in [2.05, 4.69) is 10.3 Å². The molecule has 2 amide bonds. The third-order valence-corrected chi connectivity index (χ3v) is 4.19. The molecule has 0 unspecified atom stereocenters. The molecule has 7 heteroatoms. The Kier molecular flexibility index (Phi) is 5.06. The van der Waals surface area contributed by atoms with Crippen LogP contribution in [0.1, 0.15) is 5.01 Å². The Morgan fingerprint density at radius 2 is 1.92 bits per heavy atom. The molecule has 0 fully saturated rings. The van der Waals surface area contributed by atoms with Gasteiger partial charge in [0.15, 0.2) is 6.61 Å². The number of hydrogen-bond donors (Lipinski definition) is 2. The average Bonchev–Trinajstić information content (AvgIpc) is 3.02. The van der Waals surface area contributed by atoms with Gasteiger partial charge in [-0.25, -0.2) is 4.98 Å². The maximum atomic E-state index is 12.0. The number of primary amides is 1. The first kappa shape index (κ1) is 16.7. The SMILES string of the molecule is NC(=O)COc1ccc(NC(=O)/C=C/c2nc3ccccc3s2)cc1. The van der Waals surface area contributed by atoms with E-state index in [1.54, 1.807) is 30.3 Å². The number of para-hydroxylation sites is 1. The Morgan fingerprint density at radius 1 is 1.16 bits per heavy atom. The molecular formula is C18H15N3O3S. The van der Waals surface area contributed by atoms with Gasteiger partial charge in [-0.2, -0.15) is 0 Å². The van der Waals surface area contributed by atoms with Crippen LogP contribution in [0.15, 0.2) is 54.6 Å². The van der Waals surface area contributed by atoms with Gasteiger partial charge in [0.05, 0.1) is 10.2 Å². The Bertz CT molecular complexity index is 899. The van der Waals surface area contributed by atoms with Crippen LogP contribution in [0.2, 0.25) is 0 Å². The highest BCUT2D eigenvalue weighted by Gasteiger charge is 2.03. The zero-order chi connectivity index (χ0) is 17.6. The van der Waals surface area contributed by atoms with Crippen molar-refractivity contribution in [3.63, 3.8) is 0 Å². The topological polar surface area (TPSA) is 94.3 Å². The van der Waals surface area contributed by atoms with Gasteiger partial charge in [0.1, 0.15) is 10.8 Å². The number of benzene rings is 2. The van der Waals surface area contributed by atoms with E-state index in [0.29, 0.717) is 11.4 Å². The van der Waals surface area contributed by atoms with Crippen LogP contribution in [-0.2, 0) is 9.59 Å². The van der Waals surface area contributed by atoms with Crippen LogP contribution >= 0.6 is 11.3 Å². The fourth-order valence-corrected chi connectivity index (χ4v) is 2.95. The molecule has 1 heterocycles. The number of rotatable bonds is 6. The maximum absolute atomic E-state index is 12.0. The van der Waals surface area contributed by atoms with Gasteiger partial charge in [0.2, 0.25) is 5.91 Å². The second kappa shape index (κ2) is 7.59. The quantitative estimate of drug-likeness (QED) is 0.666. The van der Waals surface area contributed by atoms with Gasteiger partial charge >= 0.3 is 0 Å². The molecule has 0 aliphatic carbocycles. The maximum Gasteiger partial charge on any atom is 0.255 e. The standard InChI is InChI=1S/C18H15N3O3S/c19-16(22)11-24-13-7-5-12(6-8-13)20-17(23)9-10-18-21-14-3-1-2-4-15(14)25-18/h1-10H,11H2,(H2,19,22)(H,20,23)/b10-9+. The molecule has 2 aromatic carbocycles. The molecule has 0 saturated heterocycles. The zero-order valence-corrected chi connectivity index (χ0v) is 14.0. The van der Waals surface area contributed by atoms with Gasteiger partial charge in [-0.3, -0.25) is 9.59 Å². The molecule has 3 aromatic rings. The average molecular weight is 353 g/mol. The minimum atomic E-state index is -0.544. The van der Waals surface area contributed by atoms with Gasteiger partial charge < -0.3 is 15.8 Å². The summed E-state index contributed by atoms with van der Waals surface area (Å²) in [6.07, 6.45) is 3.12. The lowest BCUT2D eigenvalue weighted by atomic mass is 10.3. The van der Waals surface area contributed by atoms with E-state index in [1.807, 2.05) is 24.3 Å². The van der Waals surface area contributed by atoms with Crippen molar-refractivity contribution in [2.75, 3.05) is 11.9 Å². The van der Waals surface area contributed by atoms with Gasteiger partial charge in [0.25, 0.3) is 5.91 Å². The van der Waals surface area contributed by atoms with Crippen molar-refractivity contribution in [2.45, 2.75) is 0 Å². The fourth-order valence-electron chi connectivity index (χ4n) is 2.08. The number of nitrogens with one attached hydrogen (secondary N) is 1. The van der Waals surface area contributed by atoms with Gasteiger partial charge in [-0.15, -0.1) is 11.3 Å². The number of nitrogens with two attached hydrogens (primary N) is 1. The third-order valence-electron chi connectivity index (χ3n) is 3.19.